The summed E-state index contributed by atoms with van der Waals surface area (Å²) in [5.74, 6) is 0.761. The highest BCUT2D eigenvalue weighted by Crippen LogP contribution is 2.53. The number of halogens is 1. The second-order valence-electron chi connectivity index (χ2n) is 12.1. The Hall–Kier alpha value is -3.04. The second kappa shape index (κ2) is 16.9. The largest absolute Gasteiger partial charge is 0.467 e. The van der Waals surface area contributed by atoms with Crippen LogP contribution in [0.2, 0.25) is 0 Å². The minimum absolute atomic E-state index is 0.171. The van der Waals surface area contributed by atoms with Gasteiger partial charge < -0.3 is 14.4 Å². The van der Waals surface area contributed by atoms with Crippen LogP contribution < -0.4 is 10.0 Å². The first kappa shape index (κ1) is 33.8. The van der Waals surface area contributed by atoms with Crippen LogP contribution in [0.4, 0.5) is 4.39 Å². The summed E-state index contributed by atoms with van der Waals surface area (Å²) in [6.07, 6.45) is 7.08. The van der Waals surface area contributed by atoms with Gasteiger partial charge in [-0.1, -0.05) is 121 Å². The molecule has 44 heavy (non-hydrogen) atoms. The van der Waals surface area contributed by atoms with Gasteiger partial charge in [-0.3, -0.25) is 0 Å². The van der Waals surface area contributed by atoms with Gasteiger partial charge in [0.15, 0.2) is 6.79 Å². The molecule has 3 nitrogen and oxygen atoms in total. The van der Waals surface area contributed by atoms with E-state index in [1.54, 1.807) is 19.2 Å². The van der Waals surface area contributed by atoms with Crippen LogP contribution in [0.3, 0.4) is 0 Å². The Balaban J connectivity index is 1.94. The fourth-order valence-electron chi connectivity index (χ4n) is 6.09. The molecule has 0 radical (unpaired) electrons. The smallest absolute Gasteiger partial charge is 0.188 e. The van der Waals surface area contributed by atoms with Crippen LogP contribution in [-0.4, -0.2) is 32.9 Å². The Bertz CT molecular complexity index is 1440. The average Bonchev–Trinajstić information content (AvgIpc) is 3.02. The van der Waals surface area contributed by atoms with E-state index in [-0.39, 0.29) is 17.8 Å². The van der Waals surface area contributed by atoms with Gasteiger partial charge in [-0.05, 0) is 78.6 Å². The lowest BCUT2D eigenvalue weighted by molar-refractivity contribution is 0.0492. The predicted octanol–water partition coefficient (Wildman–Crippen LogP) is 9.24. The Kier molecular flexibility index (Phi) is 13.0. The van der Waals surface area contributed by atoms with Gasteiger partial charge in [0, 0.05) is 30.8 Å². The fourth-order valence-corrected chi connectivity index (χ4v) is 7.88. The van der Waals surface area contributed by atoms with Crippen LogP contribution in [0.5, 0.6) is 5.75 Å². The summed E-state index contributed by atoms with van der Waals surface area (Å²) in [5, 5.41) is 1.06. The summed E-state index contributed by atoms with van der Waals surface area (Å²) in [4.78, 5) is 2.12. The van der Waals surface area contributed by atoms with Gasteiger partial charge in [0.2, 0.25) is 0 Å². The van der Waals surface area contributed by atoms with Gasteiger partial charge in [0.1, 0.15) is 11.6 Å². The lowest BCUT2D eigenvalue weighted by atomic mass is 9.84. The summed E-state index contributed by atoms with van der Waals surface area (Å²) in [5.41, 5.74) is 7.32. The van der Waals surface area contributed by atoms with Gasteiger partial charge in [0.25, 0.3) is 0 Å². The maximum absolute atomic E-state index is 14.6. The van der Waals surface area contributed by atoms with Crippen molar-refractivity contribution >= 4 is 13.9 Å². The summed E-state index contributed by atoms with van der Waals surface area (Å²) in [6.45, 7) is 5.47. The molecule has 2 unspecified atom stereocenters. The zero-order valence-corrected chi connectivity index (χ0v) is 28.2. The van der Waals surface area contributed by atoms with Crippen molar-refractivity contribution in [1.82, 2.24) is 4.90 Å². The molecule has 5 heteroatoms. The molecule has 0 heterocycles. The highest BCUT2D eigenvalue weighted by atomic mass is 31.1. The van der Waals surface area contributed by atoms with Gasteiger partial charge in [-0.2, -0.15) is 0 Å². The molecule has 0 aliphatic rings. The van der Waals surface area contributed by atoms with E-state index in [0.717, 1.165) is 49.8 Å². The van der Waals surface area contributed by atoms with Crippen LogP contribution in [-0.2, 0) is 29.3 Å². The van der Waals surface area contributed by atoms with E-state index in [2.05, 4.69) is 91.5 Å². The van der Waals surface area contributed by atoms with Crippen molar-refractivity contribution in [3.8, 4) is 5.75 Å². The number of hydrogen-bond acceptors (Lipinski definition) is 3. The number of nitrogens with zero attached hydrogens (tertiary/aromatic N) is 1. The molecule has 0 N–H and O–H groups in total. The minimum Gasteiger partial charge on any atom is -0.467 e. The first-order valence-electron chi connectivity index (χ1n) is 15.9. The molecular weight excluding hydrogens is 564 g/mol. The maximum atomic E-state index is 14.6. The van der Waals surface area contributed by atoms with E-state index in [9.17, 15) is 4.39 Å². The van der Waals surface area contributed by atoms with E-state index < -0.39 is 0 Å². The average molecular weight is 614 g/mol. The van der Waals surface area contributed by atoms with Gasteiger partial charge in [-0.15, -0.1) is 0 Å². The summed E-state index contributed by atoms with van der Waals surface area (Å²) in [6, 6.07) is 31.4. The third-order valence-corrected chi connectivity index (χ3v) is 10.4. The SMILES string of the molecule is CCCCCC(CC)(Pc1ccc(F)cc1CN(C)C)c1cc(Cc2ccccc2)cc(Cc2ccccc2)c1OCOC. The topological polar surface area (TPSA) is 21.7 Å². The van der Waals surface area contributed by atoms with Crippen LogP contribution in [0.1, 0.15) is 79.3 Å². The quantitative estimate of drug-likeness (QED) is 0.0673. The van der Waals surface area contributed by atoms with E-state index in [0.29, 0.717) is 15.1 Å². The molecular formula is C39H49FNO2P. The highest BCUT2D eigenvalue weighted by molar-refractivity contribution is 7.48. The second-order valence-corrected chi connectivity index (χ2v) is 13.8. The van der Waals surface area contributed by atoms with Crippen LogP contribution >= 0.6 is 8.58 Å². The van der Waals surface area contributed by atoms with Crippen molar-refractivity contribution in [2.24, 2.45) is 0 Å². The Morgan fingerprint density at radius 2 is 1.45 bits per heavy atom. The Labute approximate surface area is 266 Å². The standard InChI is InChI=1S/C39H49FNO2P/c1-6-8-15-22-39(7-2,44-37-21-20-35(40)27-34(37)28-41(3)4)36-26-32(23-30-16-11-9-12-17-30)25-33(38(36)43-29-42-5)24-31-18-13-10-14-19-31/h9-14,16-21,25-27,44H,6-8,15,22-24,28-29H2,1-5H3. The number of methoxy groups -OCH3 is 1. The number of hydrogen-bond donors (Lipinski definition) is 0. The van der Waals surface area contributed by atoms with Crippen LogP contribution in [0.15, 0.2) is 91.0 Å². The van der Waals surface area contributed by atoms with Crippen LogP contribution in [0, 0.1) is 5.82 Å². The molecule has 0 aromatic heterocycles. The summed E-state index contributed by atoms with van der Waals surface area (Å²) >= 11 is 0. The Morgan fingerprint density at radius 1 is 0.773 bits per heavy atom. The van der Waals surface area contributed by atoms with Crippen molar-refractivity contribution in [2.45, 2.75) is 70.5 Å². The normalized spacial score (nSPS) is 13.1. The molecule has 0 fully saturated rings. The molecule has 0 amide bonds. The van der Waals surface area contributed by atoms with Gasteiger partial charge in [0.05, 0.1) is 0 Å². The van der Waals surface area contributed by atoms with Crippen LogP contribution in [0.25, 0.3) is 0 Å². The van der Waals surface area contributed by atoms with E-state index in [1.807, 2.05) is 20.2 Å². The number of benzene rings is 4. The molecule has 4 aromatic rings. The van der Waals surface area contributed by atoms with Gasteiger partial charge >= 0.3 is 0 Å². The van der Waals surface area contributed by atoms with Crippen molar-refractivity contribution in [3.63, 3.8) is 0 Å². The lowest BCUT2D eigenvalue weighted by Crippen LogP contribution is -2.27. The number of ether oxygens (including phenoxy) is 2. The first-order chi connectivity index (χ1) is 21.4. The molecule has 0 aliphatic heterocycles. The Morgan fingerprint density at radius 3 is 2.07 bits per heavy atom. The third-order valence-electron chi connectivity index (χ3n) is 8.29. The number of rotatable bonds is 17. The summed E-state index contributed by atoms with van der Waals surface area (Å²) < 4.78 is 26.6. The highest BCUT2D eigenvalue weighted by Gasteiger charge is 2.35. The fraction of sp³-hybridized carbons (Fsp3) is 0.385. The zero-order valence-electron chi connectivity index (χ0n) is 27.2. The maximum Gasteiger partial charge on any atom is 0.188 e. The molecule has 234 valence electrons. The number of unbranched alkanes of at least 4 members (excludes halogenated alkanes) is 2. The van der Waals surface area contributed by atoms with Crippen molar-refractivity contribution in [2.75, 3.05) is 28.0 Å². The molecule has 0 saturated carbocycles. The van der Waals surface area contributed by atoms with Crippen molar-refractivity contribution < 1.29 is 13.9 Å². The molecule has 0 bridgehead atoms. The molecule has 0 saturated heterocycles. The van der Waals surface area contributed by atoms with E-state index in [1.165, 1.54) is 39.5 Å². The molecule has 2 atom stereocenters. The van der Waals surface area contributed by atoms with Crippen molar-refractivity contribution in [1.29, 1.82) is 0 Å². The third kappa shape index (κ3) is 9.24. The predicted molar refractivity (Wildman–Crippen MR) is 185 cm³/mol. The molecule has 4 aromatic carbocycles. The molecule has 4 rings (SSSR count). The minimum atomic E-state index is -0.178. The summed E-state index contributed by atoms with van der Waals surface area (Å²) in [7, 11) is 6.24. The molecule has 0 aliphatic carbocycles. The van der Waals surface area contributed by atoms with Crippen molar-refractivity contribution in [3.05, 3.63) is 130 Å². The van der Waals surface area contributed by atoms with E-state index in [4.69, 9.17) is 9.47 Å². The lowest BCUT2D eigenvalue weighted by Gasteiger charge is -2.37. The monoisotopic (exact) mass is 613 g/mol. The van der Waals surface area contributed by atoms with Gasteiger partial charge in [-0.25, -0.2) is 4.39 Å². The molecule has 0 spiro atoms. The zero-order chi connectivity index (χ0) is 31.4. The van der Waals surface area contributed by atoms with E-state index >= 15 is 0 Å². The first-order valence-corrected chi connectivity index (χ1v) is 16.9.